The second-order valence-corrected chi connectivity index (χ2v) is 5.76. The summed E-state index contributed by atoms with van der Waals surface area (Å²) in [5, 5.41) is 0. The van der Waals surface area contributed by atoms with Crippen LogP contribution in [0.4, 0.5) is 4.39 Å². The van der Waals surface area contributed by atoms with Gasteiger partial charge in [-0.3, -0.25) is 0 Å². The number of hydrogen-bond acceptors (Lipinski definition) is 0. The van der Waals surface area contributed by atoms with Gasteiger partial charge in [0.2, 0.25) is 0 Å². The lowest BCUT2D eigenvalue weighted by atomic mass is 9.77. The van der Waals surface area contributed by atoms with Gasteiger partial charge < -0.3 is 0 Å². The van der Waals surface area contributed by atoms with E-state index in [2.05, 4.69) is 20.8 Å². The van der Waals surface area contributed by atoms with Gasteiger partial charge in [-0.15, -0.1) is 0 Å². The number of fused-ring (bicyclic) bond motifs is 1. The van der Waals surface area contributed by atoms with E-state index in [1.807, 2.05) is 13.0 Å². The van der Waals surface area contributed by atoms with Crippen molar-refractivity contribution in [2.75, 3.05) is 0 Å². The normalized spacial score (nSPS) is 20.5. The Morgan fingerprint density at radius 3 is 2.53 bits per heavy atom. The molecule has 1 aliphatic carbocycles. The van der Waals surface area contributed by atoms with Crippen molar-refractivity contribution in [3.63, 3.8) is 0 Å². The predicted octanol–water partition coefficient (Wildman–Crippen LogP) is 4.21. The van der Waals surface area contributed by atoms with E-state index in [1.165, 1.54) is 17.5 Å². The van der Waals surface area contributed by atoms with Crippen molar-refractivity contribution < 1.29 is 4.39 Å². The van der Waals surface area contributed by atoms with Crippen LogP contribution in [0, 0.1) is 18.2 Å². The molecule has 2 rings (SSSR count). The topological polar surface area (TPSA) is 0 Å². The fourth-order valence-corrected chi connectivity index (χ4v) is 2.64. The lowest BCUT2D eigenvalue weighted by Gasteiger charge is -2.28. The summed E-state index contributed by atoms with van der Waals surface area (Å²) in [6.45, 7) is 8.66. The first-order valence-corrected chi connectivity index (χ1v) is 5.68. The molecular formula is C14H19F. The van der Waals surface area contributed by atoms with Gasteiger partial charge in [-0.2, -0.15) is 0 Å². The van der Waals surface area contributed by atoms with E-state index in [0.29, 0.717) is 5.92 Å². The summed E-state index contributed by atoms with van der Waals surface area (Å²) in [6.07, 6.45) is 2.20. The minimum absolute atomic E-state index is 0.0525. The van der Waals surface area contributed by atoms with E-state index in [9.17, 15) is 4.39 Å². The third kappa shape index (κ3) is 1.80. The summed E-state index contributed by atoms with van der Waals surface area (Å²) in [5.74, 6) is 0.537. The number of aryl methyl sites for hydroxylation is 2. The van der Waals surface area contributed by atoms with Gasteiger partial charge in [-0.25, -0.2) is 4.39 Å². The van der Waals surface area contributed by atoms with Crippen LogP contribution in [0.25, 0.3) is 0 Å². The third-order valence-corrected chi connectivity index (χ3v) is 3.54. The zero-order chi connectivity index (χ0) is 11.2. The Bertz CT molecular complexity index is 385. The molecule has 0 heterocycles. The van der Waals surface area contributed by atoms with Gasteiger partial charge in [-0.1, -0.05) is 26.8 Å². The van der Waals surface area contributed by atoms with Crippen LogP contribution in [0.15, 0.2) is 12.1 Å². The molecule has 0 spiro atoms. The molecule has 0 amide bonds. The van der Waals surface area contributed by atoms with E-state index < -0.39 is 0 Å². The lowest BCUT2D eigenvalue weighted by Crippen LogP contribution is -2.15. The maximum absolute atomic E-state index is 13.4. The van der Waals surface area contributed by atoms with E-state index in [0.717, 1.165) is 12.0 Å². The summed E-state index contributed by atoms with van der Waals surface area (Å²) >= 11 is 0. The van der Waals surface area contributed by atoms with Crippen LogP contribution in [0.3, 0.4) is 0 Å². The Balaban J connectivity index is 2.47. The molecule has 0 saturated heterocycles. The van der Waals surface area contributed by atoms with Crippen molar-refractivity contribution in [1.29, 1.82) is 0 Å². The first-order chi connectivity index (χ1) is 6.89. The molecule has 0 aromatic heterocycles. The fraction of sp³-hybridized carbons (Fsp3) is 0.571. The van der Waals surface area contributed by atoms with Gasteiger partial charge in [0.15, 0.2) is 0 Å². The van der Waals surface area contributed by atoms with Crippen LogP contribution in [-0.2, 0) is 6.42 Å². The Kier molecular flexibility index (Phi) is 2.37. The monoisotopic (exact) mass is 206 g/mol. The molecule has 0 bridgehead atoms. The van der Waals surface area contributed by atoms with Crippen molar-refractivity contribution in [3.05, 3.63) is 34.6 Å². The number of halogens is 1. The molecule has 0 aliphatic heterocycles. The predicted molar refractivity (Wildman–Crippen MR) is 61.7 cm³/mol. The summed E-state index contributed by atoms with van der Waals surface area (Å²) in [4.78, 5) is 0. The van der Waals surface area contributed by atoms with Gasteiger partial charge >= 0.3 is 0 Å². The van der Waals surface area contributed by atoms with Crippen molar-refractivity contribution >= 4 is 0 Å². The molecule has 1 aromatic rings. The van der Waals surface area contributed by atoms with Crippen molar-refractivity contribution in [2.24, 2.45) is 5.41 Å². The number of rotatable bonds is 0. The number of benzene rings is 1. The van der Waals surface area contributed by atoms with Crippen molar-refractivity contribution in [3.8, 4) is 0 Å². The molecule has 1 heteroatoms. The van der Waals surface area contributed by atoms with Gasteiger partial charge in [0.25, 0.3) is 0 Å². The molecule has 0 fully saturated rings. The SMILES string of the molecule is Cc1cc2c(cc1F)CC[C@H]2C(C)(C)C. The molecular weight excluding hydrogens is 187 g/mol. The van der Waals surface area contributed by atoms with Crippen LogP contribution in [0.2, 0.25) is 0 Å². The van der Waals surface area contributed by atoms with Crippen LogP contribution in [-0.4, -0.2) is 0 Å². The summed E-state index contributed by atoms with van der Waals surface area (Å²) in [6, 6.07) is 3.78. The highest BCUT2D eigenvalue weighted by molar-refractivity contribution is 5.39. The maximum atomic E-state index is 13.4. The van der Waals surface area contributed by atoms with Gasteiger partial charge in [0.05, 0.1) is 0 Å². The first kappa shape index (κ1) is 10.7. The Morgan fingerprint density at radius 1 is 1.27 bits per heavy atom. The second-order valence-electron chi connectivity index (χ2n) is 5.76. The quantitative estimate of drug-likeness (QED) is 0.596. The summed E-state index contributed by atoms with van der Waals surface area (Å²) < 4.78 is 13.4. The first-order valence-electron chi connectivity index (χ1n) is 5.68. The molecule has 1 atom stereocenters. The average Bonchev–Trinajstić information content (AvgIpc) is 2.47. The fourth-order valence-electron chi connectivity index (χ4n) is 2.64. The molecule has 0 unspecified atom stereocenters. The molecule has 0 nitrogen and oxygen atoms in total. The van der Waals surface area contributed by atoms with E-state index in [1.54, 1.807) is 6.07 Å². The van der Waals surface area contributed by atoms with Gasteiger partial charge in [-0.05, 0) is 53.9 Å². The van der Waals surface area contributed by atoms with Gasteiger partial charge in [0, 0.05) is 0 Å². The summed E-state index contributed by atoms with van der Waals surface area (Å²) in [7, 11) is 0. The zero-order valence-electron chi connectivity index (χ0n) is 10.0. The Labute approximate surface area is 91.5 Å². The minimum atomic E-state index is -0.0525. The Morgan fingerprint density at radius 2 is 1.93 bits per heavy atom. The highest BCUT2D eigenvalue weighted by Crippen LogP contribution is 2.45. The van der Waals surface area contributed by atoms with E-state index in [4.69, 9.17) is 0 Å². The molecule has 1 aliphatic rings. The van der Waals surface area contributed by atoms with Crippen molar-refractivity contribution in [1.82, 2.24) is 0 Å². The maximum Gasteiger partial charge on any atom is 0.126 e. The highest BCUT2D eigenvalue weighted by atomic mass is 19.1. The highest BCUT2D eigenvalue weighted by Gasteiger charge is 2.32. The minimum Gasteiger partial charge on any atom is -0.207 e. The molecule has 0 saturated carbocycles. The molecule has 82 valence electrons. The van der Waals surface area contributed by atoms with Crippen LogP contribution >= 0.6 is 0 Å². The average molecular weight is 206 g/mol. The van der Waals surface area contributed by atoms with Crippen LogP contribution in [0.1, 0.15) is 49.8 Å². The van der Waals surface area contributed by atoms with Crippen LogP contribution in [0.5, 0.6) is 0 Å². The summed E-state index contributed by atoms with van der Waals surface area (Å²) in [5.41, 5.74) is 3.67. The van der Waals surface area contributed by atoms with Crippen molar-refractivity contribution in [2.45, 2.75) is 46.5 Å². The molecule has 15 heavy (non-hydrogen) atoms. The number of hydrogen-bond donors (Lipinski definition) is 0. The second kappa shape index (κ2) is 3.33. The largest absolute Gasteiger partial charge is 0.207 e. The van der Waals surface area contributed by atoms with Crippen LogP contribution < -0.4 is 0 Å². The van der Waals surface area contributed by atoms with E-state index in [-0.39, 0.29) is 11.2 Å². The molecule has 0 N–H and O–H groups in total. The Hall–Kier alpha value is -0.850. The lowest BCUT2D eigenvalue weighted by molar-refractivity contribution is 0.319. The zero-order valence-corrected chi connectivity index (χ0v) is 10.0. The third-order valence-electron chi connectivity index (χ3n) is 3.54. The molecule has 1 aromatic carbocycles. The molecule has 0 radical (unpaired) electrons. The smallest absolute Gasteiger partial charge is 0.126 e. The van der Waals surface area contributed by atoms with Gasteiger partial charge in [0.1, 0.15) is 5.82 Å². The standard InChI is InChI=1S/C14H19F/c1-9-7-11-10(8-13(9)15)5-6-12(11)14(2,3)4/h7-8,12H,5-6H2,1-4H3/t12-/m1/s1. The van der Waals surface area contributed by atoms with E-state index >= 15 is 0 Å².